The Morgan fingerprint density at radius 1 is 1.23 bits per heavy atom. The van der Waals surface area contributed by atoms with Gasteiger partial charge in [-0.15, -0.1) is 0 Å². The summed E-state index contributed by atoms with van der Waals surface area (Å²) in [7, 11) is 0. The molecule has 0 heterocycles. The Balaban J connectivity index is 5.03. The topological polar surface area (TPSA) is 46.5 Å². The van der Waals surface area contributed by atoms with Gasteiger partial charge in [0.25, 0.3) is 0 Å². The van der Waals surface area contributed by atoms with Gasteiger partial charge in [0, 0.05) is 0 Å². The third-order valence-electron chi connectivity index (χ3n) is 3.12. The predicted molar refractivity (Wildman–Crippen MR) is 51.2 cm³/mol. The molecule has 0 fully saturated rings. The zero-order valence-electron chi connectivity index (χ0n) is 9.18. The lowest BCUT2D eigenvalue weighted by Crippen LogP contribution is -2.42. The fourth-order valence-corrected chi connectivity index (χ4v) is 1.99. The third kappa shape index (κ3) is 2.02. The summed E-state index contributed by atoms with van der Waals surface area (Å²) in [4.78, 5) is 15.4. The van der Waals surface area contributed by atoms with Crippen molar-refractivity contribution in [3.63, 3.8) is 0 Å². The maximum Gasteiger partial charge on any atom is 0.348 e. The minimum atomic E-state index is -0.582. The van der Waals surface area contributed by atoms with E-state index in [1.165, 1.54) is 0 Å². The lowest BCUT2D eigenvalue weighted by atomic mass is 9.63. The fourth-order valence-electron chi connectivity index (χ4n) is 1.99. The Bertz CT molecular complexity index is 175. The quantitative estimate of drug-likeness (QED) is 0.547. The van der Waals surface area contributed by atoms with Gasteiger partial charge in [0.15, 0.2) is 0 Å². The molecule has 78 valence electrons. The van der Waals surface area contributed by atoms with Gasteiger partial charge in [-0.1, -0.05) is 34.6 Å². The normalized spacial score (nSPS) is 12.8. The van der Waals surface area contributed by atoms with Gasteiger partial charge in [0.2, 0.25) is 0 Å². The molecule has 0 rings (SSSR count). The number of carbonyl (C=O) groups excluding carboxylic acids is 1. The summed E-state index contributed by atoms with van der Waals surface area (Å²) in [6.45, 7) is 9.82. The Morgan fingerprint density at radius 3 is 1.69 bits per heavy atom. The average Bonchev–Trinajstić information content (AvgIpc) is 2.04. The van der Waals surface area contributed by atoms with Crippen molar-refractivity contribution >= 4 is 5.97 Å². The van der Waals surface area contributed by atoms with Gasteiger partial charge in [0.05, 0.1) is 5.41 Å². The van der Waals surface area contributed by atoms with Crippen LogP contribution in [-0.2, 0) is 9.68 Å². The Labute approximate surface area is 80.0 Å². The molecule has 0 atom stereocenters. The van der Waals surface area contributed by atoms with Gasteiger partial charge in [-0.25, -0.2) is 4.79 Å². The summed E-state index contributed by atoms with van der Waals surface area (Å²) < 4.78 is 0. The van der Waals surface area contributed by atoms with E-state index in [1.54, 1.807) is 0 Å². The van der Waals surface area contributed by atoms with Crippen LogP contribution in [0.4, 0.5) is 0 Å². The molecule has 13 heavy (non-hydrogen) atoms. The molecule has 0 aliphatic heterocycles. The summed E-state index contributed by atoms with van der Waals surface area (Å²) in [6.07, 6.45) is 1.35. The van der Waals surface area contributed by atoms with Crippen molar-refractivity contribution in [2.24, 2.45) is 10.8 Å². The van der Waals surface area contributed by atoms with Crippen LogP contribution in [-0.4, -0.2) is 11.2 Å². The number of hydrogen-bond acceptors (Lipinski definition) is 3. The van der Waals surface area contributed by atoms with E-state index in [1.807, 2.05) is 34.6 Å². The molecule has 0 aromatic rings. The Morgan fingerprint density at radius 2 is 1.62 bits per heavy atom. The van der Waals surface area contributed by atoms with Gasteiger partial charge >= 0.3 is 5.97 Å². The summed E-state index contributed by atoms with van der Waals surface area (Å²) in [5.74, 6) is -0.523. The van der Waals surface area contributed by atoms with Crippen LogP contribution in [0.15, 0.2) is 0 Å². The third-order valence-corrected chi connectivity index (χ3v) is 3.12. The molecule has 0 aliphatic rings. The molecular weight excluding hydrogens is 168 g/mol. The molecule has 0 aliphatic carbocycles. The van der Waals surface area contributed by atoms with E-state index in [9.17, 15) is 4.79 Å². The Hall–Kier alpha value is -0.570. The minimum absolute atomic E-state index is 0.198. The second kappa shape index (κ2) is 4.09. The summed E-state index contributed by atoms with van der Waals surface area (Å²) in [5, 5.41) is 8.45. The van der Waals surface area contributed by atoms with Crippen molar-refractivity contribution in [3.05, 3.63) is 0 Å². The van der Waals surface area contributed by atoms with E-state index in [0.29, 0.717) is 12.8 Å². The molecule has 0 unspecified atom stereocenters. The van der Waals surface area contributed by atoms with E-state index in [4.69, 9.17) is 5.26 Å². The number of carbonyl (C=O) groups is 1. The van der Waals surface area contributed by atoms with E-state index in [0.717, 1.165) is 0 Å². The fraction of sp³-hybridized carbons (Fsp3) is 0.900. The SMILES string of the molecule is CCC(CC)(C(=O)OO)C(C)(C)C. The van der Waals surface area contributed by atoms with E-state index in [-0.39, 0.29) is 5.41 Å². The second-order valence-electron chi connectivity index (χ2n) is 4.42. The first-order valence-corrected chi connectivity index (χ1v) is 4.71. The molecule has 0 aromatic heterocycles. The maximum atomic E-state index is 11.5. The van der Waals surface area contributed by atoms with E-state index >= 15 is 0 Å². The molecule has 0 amide bonds. The van der Waals surface area contributed by atoms with Gasteiger partial charge in [-0.05, 0) is 18.3 Å². The summed E-state index contributed by atoms with van der Waals surface area (Å²) in [6, 6.07) is 0. The maximum absolute atomic E-state index is 11.5. The first-order valence-electron chi connectivity index (χ1n) is 4.71. The molecule has 1 N–H and O–H groups in total. The highest BCUT2D eigenvalue weighted by molar-refractivity contribution is 5.77. The van der Waals surface area contributed by atoms with Gasteiger partial charge in [-0.3, -0.25) is 0 Å². The summed E-state index contributed by atoms with van der Waals surface area (Å²) >= 11 is 0. The lowest BCUT2D eigenvalue weighted by molar-refractivity contribution is -0.251. The number of hydrogen-bond donors (Lipinski definition) is 1. The molecule has 0 saturated heterocycles. The largest absolute Gasteiger partial charge is 0.348 e. The highest BCUT2D eigenvalue weighted by atomic mass is 17.1. The highest BCUT2D eigenvalue weighted by Gasteiger charge is 2.47. The van der Waals surface area contributed by atoms with E-state index < -0.39 is 11.4 Å². The first kappa shape index (κ1) is 12.4. The van der Waals surface area contributed by atoms with Crippen LogP contribution < -0.4 is 0 Å². The van der Waals surface area contributed by atoms with Crippen LogP contribution in [0, 0.1) is 10.8 Å². The predicted octanol–water partition coefficient (Wildman–Crippen LogP) is 2.86. The van der Waals surface area contributed by atoms with Crippen molar-refractivity contribution in [1.82, 2.24) is 0 Å². The van der Waals surface area contributed by atoms with Crippen LogP contribution in [0.25, 0.3) is 0 Å². The molecule has 3 nitrogen and oxygen atoms in total. The summed E-state index contributed by atoms with van der Waals surface area (Å²) in [5.41, 5.74) is -0.780. The second-order valence-corrected chi connectivity index (χ2v) is 4.42. The van der Waals surface area contributed by atoms with Crippen LogP contribution >= 0.6 is 0 Å². The standard InChI is InChI=1S/C10H20O3/c1-6-10(7-2,8(11)13-12)9(3,4)5/h12H,6-7H2,1-5H3. The van der Waals surface area contributed by atoms with Crippen LogP contribution in [0.1, 0.15) is 47.5 Å². The lowest BCUT2D eigenvalue weighted by Gasteiger charge is -2.40. The molecule has 0 aromatic carbocycles. The molecule has 0 saturated carbocycles. The van der Waals surface area contributed by atoms with E-state index in [2.05, 4.69) is 4.89 Å². The van der Waals surface area contributed by atoms with Crippen LogP contribution in [0.5, 0.6) is 0 Å². The molecule has 0 spiro atoms. The monoisotopic (exact) mass is 188 g/mol. The van der Waals surface area contributed by atoms with Crippen molar-refractivity contribution in [3.8, 4) is 0 Å². The Kier molecular flexibility index (Phi) is 3.91. The minimum Gasteiger partial charge on any atom is -0.300 e. The highest BCUT2D eigenvalue weighted by Crippen LogP contribution is 2.45. The zero-order chi connectivity index (χ0) is 10.7. The average molecular weight is 188 g/mol. The molecule has 0 bridgehead atoms. The molecule has 0 radical (unpaired) electrons. The van der Waals surface area contributed by atoms with Crippen molar-refractivity contribution in [2.75, 3.05) is 0 Å². The molecule has 3 heteroatoms. The van der Waals surface area contributed by atoms with Crippen molar-refractivity contribution in [1.29, 1.82) is 0 Å². The van der Waals surface area contributed by atoms with Crippen molar-refractivity contribution < 1.29 is 14.9 Å². The van der Waals surface area contributed by atoms with Crippen LogP contribution in [0.2, 0.25) is 0 Å². The zero-order valence-corrected chi connectivity index (χ0v) is 9.18. The van der Waals surface area contributed by atoms with Crippen molar-refractivity contribution in [2.45, 2.75) is 47.5 Å². The van der Waals surface area contributed by atoms with Crippen LogP contribution in [0.3, 0.4) is 0 Å². The first-order chi connectivity index (χ1) is 5.85. The van der Waals surface area contributed by atoms with Gasteiger partial charge < -0.3 is 4.89 Å². The molecular formula is C10H20O3. The van der Waals surface area contributed by atoms with Gasteiger partial charge in [0.1, 0.15) is 0 Å². The number of rotatable bonds is 3. The smallest absolute Gasteiger partial charge is 0.300 e. The van der Waals surface area contributed by atoms with Gasteiger partial charge in [-0.2, -0.15) is 5.26 Å².